The smallest absolute Gasteiger partial charge is 0.291 e. The first kappa shape index (κ1) is 16.2. The molecule has 0 amide bonds. The van der Waals surface area contributed by atoms with Crippen LogP contribution in [-0.2, 0) is 4.79 Å². The van der Waals surface area contributed by atoms with E-state index in [4.69, 9.17) is 9.47 Å². The monoisotopic (exact) mass is 343 g/mol. The van der Waals surface area contributed by atoms with Gasteiger partial charge in [0, 0.05) is 5.56 Å². The number of allylic oxidation sites excluding steroid dienone is 1. The molecule has 0 saturated heterocycles. The zero-order valence-electron chi connectivity index (χ0n) is 11.1. The van der Waals surface area contributed by atoms with Crippen molar-refractivity contribution in [1.82, 2.24) is 0 Å². The maximum absolute atomic E-state index is 11.3. The molecule has 0 heterocycles. The zero-order valence-corrected chi connectivity index (χ0v) is 12.7. The number of ether oxygens (including phenoxy) is 2. The normalized spacial score (nSPS) is 11.6. The molecule has 1 aromatic carbocycles. The van der Waals surface area contributed by atoms with Crippen LogP contribution in [0.3, 0.4) is 0 Å². The van der Waals surface area contributed by atoms with Crippen molar-refractivity contribution in [3.05, 3.63) is 38.9 Å². The van der Waals surface area contributed by atoms with Crippen molar-refractivity contribution < 1.29 is 19.2 Å². The maximum Gasteiger partial charge on any atom is 0.291 e. The summed E-state index contributed by atoms with van der Waals surface area (Å²) < 4.78 is 10.4. The number of hydrogen-bond acceptors (Lipinski definition) is 5. The number of carbonyl (C=O) groups excluding carboxylic acids is 1. The van der Waals surface area contributed by atoms with Crippen LogP contribution < -0.4 is 9.47 Å². The van der Waals surface area contributed by atoms with Gasteiger partial charge < -0.3 is 14.3 Å². The molecule has 0 saturated carbocycles. The molecule has 0 aromatic heterocycles. The highest BCUT2D eigenvalue weighted by atomic mass is 79.9. The van der Waals surface area contributed by atoms with Gasteiger partial charge in [-0.15, -0.1) is 6.58 Å². The fourth-order valence-corrected chi connectivity index (χ4v) is 2.59. The van der Waals surface area contributed by atoms with Crippen LogP contribution in [0.2, 0.25) is 0 Å². The highest BCUT2D eigenvalue weighted by Crippen LogP contribution is 2.46. The lowest BCUT2D eigenvalue weighted by atomic mass is 9.95. The summed E-state index contributed by atoms with van der Waals surface area (Å²) in [5, 5.41) is 11.3. The fraction of sp³-hybridized carbons (Fsp3) is 0.308. The molecule has 0 bridgehead atoms. The molecule has 0 aliphatic carbocycles. The number of methoxy groups -OCH3 is 2. The van der Waals surface area contributed by atoms with E-state index < -0.39 is 10.8 Å². The maximum atomic E-state index is 11.3. The van der Waals surface area contributed by atoms with Crippen LogP contribution in [0.5, 0.6) is 11.5 Å². The number of aldehydes is 1. The Labute approximate surface area is 124 Å². The number of nitrogens with zero attached hydrogens (tertiary/aromatic N) is 1. The molecular formula is C13H14BrNO5. The lowest BCUT2D eigenvalue weighted by Crippen LogP contribution is -2.06. The lowest BCUT2D eigenvalue weighted by Gasteiger charge is -2.15. The molecule has 0 radical (unpaired) electrons. The van der Waals surface area contributed by atoms with E-state index in [0.29, 0.717) is 18.5 Å². The molecule has 0 aliphatic heterocycles. The third kappa shape index (κ3) is 2.98. The molecule has 0 spiro atoms. The van der Waals surface area contributed by atoms with Gasteiger partial charge in [-0.1, -0.05) is 6.08 Å². The molecule has 0 N–H and O–H groups in total. The molecule has 0 aliphatic rings. The average Bonchev–Trinajstić information content (AvgIpc) is 2.43. The summed E-state index contributed by atoms with van der Waals surface area (Å²) in [6, 6.07) is 1.45. The van der Waals surface area contributed by atoms with Gasteiger partial charge in [0.2, 0.25) is 0 Å². The van der Waals surface area contributed by atoms with Gasteiger partial charge in [-0.2, -0.15) is 0 Å². The topological polar surface area (TPSA) is 78.7 Å². The molecule has 7 heteroatoms. The van der Waals surface area contributed by atoms with E-state index in [1.54, 1.807) is 0 Å². The minimum absolute atomic E-state index is 0.148. The number of halogens is 1. The Balaban J connectivity index is 3.63. The molecule has 108 valence electrons. The summed E-state index contributed by atoms with van der Waals surface area (Å²) in [6.07, 6.45) is 2.49. The molecule has 1 unspecified atom stereocenters. The number of nitro benzene ring substituents is 1. The summed E-state index contributed by atoms with van der Waals surface area (Å²) in [4.78, 5) is 21.9. The number of benzene rings is 1. The average molecular weight is 344 g/mol. The summed E-state index contributed by atoms with van der Waals surface area (Å²) in [7, 11) is 2.80. The van der Waals surface area contributed by atoms with Crippen molar-refractivity contribution in [2.45, 2.75) is 12.3 Å². The molecule has 0 fully saturated rings. The van der Waals surface area contributed by atoms with Crippen LogP contribution in [0.1, 0.15) is 17.9 Å². The second-order valence-corrected chi connectivity index (χ2v) is 4.68. The quantitative estimate of drug-likeness (QED) is 0.328. The Kier molecular flexibility index (Phi) is 5.69. The van der Waals surface area contributed by atoms with Crippen LogP contribution in [-0.4, -0.2) is 25.4 Å². The second kappa shape index (κ2) is 7.04. The van der Waals surface area contributed by atoms with E-state index >= 15 is 0 Å². The first-order valence-electron chi connectivity index (χ1n) is 5.66. The minimum atomic E-state index is -0.663. The van der Waals surface area contributed by atoms with Crippen LogP contribution in [0.15, 0.2) is 23.2 Å². The Hall–Kier alpha value is -1.89. The van der Waals surface area contributed by atoms with Crippen molar-refractivity contribution in [2.75, 3.05) is 14.2 Å². The SMILES string of the molecule is C=CCC(C=O)c1cc(OC)c(OC)c(Br)c1[N+](=O)[O-]. The molecular weight excluding hydrogens is 330 g/mol. The van der Waals surface area contributed by atoms with Gasteiger partial charge in [-0.3, -0.25) is 10.1 Å². The van der Waals surface area contributed by atoms with Crippen LogP contribution in [0, 0.1) is 10.1 Å². The van der Waals surface area contributed by atoms with E-state index in [2.05, 4.69) is 22.5 Å². The number of rotatable bonds is 7. The van der Waals surface area contributed by atoms with Crippen molar-refractivity contribution >= 4 is 27.9 Å². The largest absolute Gasteiger partial charge is 0.493 e. The van der Waals surface area contributed by atoms with Crippen LogP contribution in [0.25, 0.3) is 0 Å². The summed E-state index contributed by atoms with van der Waals surface area (Å²) in [5.74, 6) is -0.133. The van der Waals surface area contributed by atoms with E-state index in [1.807, 2.05) is 0 Å². The van der Waals surface area contributed by atoms with Gasteiger partial charge in [-0.25, -0.2) is 0 Å². The van der Waals surface area contributed by atoms with Gasteiger partial charge in [0.05, 0.1) is 25.1 Å². The third-order valence-electron chi connectivity index (χ3n) is 2.78. The minimum Gasteiger partial charge on any atom is -0.493 e. The van der Waals surface area contributed by atoms with Gasteiger partial charge >= 0.3 is 0 Å². The highest BCUT2D eigenvalue weighted by molar-refractivity contribution is 9.10. The fourth-order valence-electron chi connectivity index (χ4n) is 1.86. The first-order valence-corrected chi connectivity index (χ1v) is 6.46. The van der Waals surface area contributed by atoms with Crippen molar-refractivity contribution in [3.63, 3.8) is 0 Å². The predicted molar refractivity (Wildman–Crippen MR) is 77.5 cm³/mol. The first-order chi connectivity index (χ1) is 9.51. The van der Waals surface area contributed by atoms with E-state index in [-0.39, 0.29) is 21.5 Å². The zero-order chi connectivity index (χ0) is 15.3. The number of carbonyl (C=O) groups is 1. The Morgan fingerprint density at radius 2 is 2.15 bits per heavy atom. The van der Waals surface area contributed by atoms with E-state index in [9.17, 15) is 14.9 Å². The van der Waals surface area contributed by atoms with Crippen molar-refractivity contribution in [2.24, 2.45) is 0 Å². The molecule has 20 heavy (non-hydrogen) atoms. The lowest BCUT2D eigenvalue weighted by molar-refractivity contribution is -0.386. The summed E-state index contributed by atoms with van der Waals surface area (Å²) in [6.45, 7) is 3.55. The third-order valence-corrected chi connectivity index (χ3v) is 3.52. The summed E-state index contributed by atoms with van der Waals surface area (Å²) >= 11 is 3.14. The van der Waals surface area contributed by atoms with Gasteiger partial charge in [0.15, 0.2) is 11.5 Å². The molecule has 1 aromatic rings. The summed E-state index contributed by atoms with van der Waals surface area (Å²) in [5.41, 5.74) is 0.0519. The second-order valence-electron chi connectivity index (χ2n) is 3.89. The molecule has 1 rings (SSSR count). The number of nitro groups is 1. The highest BCUT2D eigenvalue weighted by Gasteiger charge is 2.29. The van der Waals surface area contributed by atoms with E-state index in [0.717, 1.165) is 0 Å². The predicted octanol–water partition coefficient (Wildman–Crippen LogP) is 3.23. The van der Waals surface area contributed by atoms with Crippen molar-refractivity contribution in [3.8, 4) is 11.5 Å². The van der Waals surface area contributed by atoms with Gasteiger partial charge in [0.1, 0.15) is 10.8 Å². The van der Waals surface area contributed by atoms with Gasteiger partial charge in [-0.05, 0) is 28.4 Å². The van der Waals surface area contributed by atoms with Crippen LogP contribution in [0.4, 0.5) is 5.69 Å². The Morgan fingerprint density at radius 3 is 2.55 bits per heavy atom. The van der Waals surface area contributed by atoms with Crippen molar-refractivity contribution in [1.29, 1.82) is 0 Å². The Bertz CT molecular complexity index is 544. The molecule has 6 nitrogen and oxygen atoms in total. The Morgan fingerprint density at radius 1 is 1.50 bits per heavy atom. The molecule has 1 atom stereocenters. The van der Waals surface area contributed by atoms with Crippen LogP contribution >= 0.6 is 15.9 Å². The standard InChI is InChI=1S/C13H14BrNO5/c1-4-5-8(7-16)9-6-10(19-2)13(20-3)11(14)12(9)15(17)18/h4,6-8H,1,5H2,2-3H3. The number of hydrogen-bond donors (Lipinski definition) is 0. The van der Waals surface area contributed by atoms with E-state index in [1.165, 1.54) is 26.4 Å². The van der Waals surface area contributed by atoms with Gasteiger partial charge in [0.25, 0.3) is 5.69 Å².